The van der Waals surface area contributed by atoms with E-state index < -0.39 is 0 Å². The van der Waals surface area contributed by atoms with Crippen LogP contribution in [-0.2, 0) is 22.6 Å². The van der Waals surface area contributed by atoms with Crippen molar-refractivity contribution >= 4 is 5.91 Å². The second kappa shape index (κ2) is 8.30. The number of hydrogen-bond donors (Lipinski definition) is 2. The summed E-state index contributed by atoms with van der Waals surface area (Å²) in [5.41, 5.74) is 8.33. The van der Waals surface area contributed by atoms with Gasteiger partial charge in [-0.25, -0.2) is 0 Å². The number of carbonyl (C=O) groups excluding carboxylic acids is 1. The smallest absolute Gasteiger partial charge is 0.223 e. The standard InChI is InChI=1S/C20H31N3O2/c1-14-11-23(12-15(2)25-14)13-17-5-3-16(4-6-17)10-22-20(24)18-7-8-19(21)9-18/h3-6,14-15,18-19H,7-13,21H2,1-2H3,(H,22,24). The third-order valence-corrected chi connectivity index (χ3v) is 5.24. The topological polar surface area (TPSA) is 67.6 Å². The summed E-state index contributed by atoms with van der Waals surface area (Å²) in [6, 6.07) is 8.75. The number of hydrogen-bond acceptors (Lipinski definition) is 4. The summed E-state index contributed by atoms with van der Waals surface area (Å²) in [6.07, 6.45) is 3.29. The lowest BCUT2D eigenvalue weighted by molar-refractivity contribution is -0.125. The number of nitrogens with zero attached hydrogens (tertiary/aromatic N) is 1. The summed E-state index contributed by atoms with van der Waals surface area (Å²) in [4.78, 5) is 14.6. The first kappa shape index (κ1) is 18.4. The van der Waals surface area contributed by atoms with E-state index in [9.17, 15) is 4.79 Å². The molecule has 1 aliphatic carbocycles. The number of ether oxygens (including phenoxy) is 1. The maximum absolute atomic E-state index is 12.2. The highest BCUT2D eigenvalue weighted by molar-refractivity contribution is 5.79. The van der Waals surface area contributed by atoms with Gasteiger partial charge in [0.25, 0.3) is 0 Å². The molecule has 0 aromatic heterocycles. The number of benzene rings is 1. The maximum Gasteiger partial charge on any atom is 0.223 e. The van der Waals surface area contributed by atoms with Gasteiger partial charge in [0, 0.05) is 38.1 Å². The van der Waals surface area contributed by atoms with Crippen molar-refractivity contribution in [3.8, 4) is 0 Å². The molecule has 5 nitrogen and oxygen atoms in total. The molecule has 1 heterocycles. The van der Waals surface area contributed by atoms with E-state index in [4.69, 9.17) is 10.5 Å². The zero-order valence-corrected chi connectivity index (χ0v) is 15.4. The molecular weight excluding hydrogens is 314 g/mol. The van der Waals surface area contributed by atoms with Crippen molar-refractivity contribution in [2.75, 3.05) is 13.1 Å². The molecule has 5 heteroatoms. The molecule has 1 aromatic rings. The van der Waals surface area contributed by atoms with E-state index in [1.54, 1.807) is 0 Å². The molecule has 3 rings (SSSR count). The van der Waals surface area contributed by atoms with Gasteiger partial charge in [0.1, 0.15) is 0 Å². The van der Waals surface area contributed by atoms with Gasteiger partial charge in [-0.1, -0.05) is 24.3 Å². The normalized spacial score (nSPS) is 30.4. The first-order valence-corrected chi connectivity index (χ1v) is 9.48. The zero-order chi connectivity index (χ0) is 17.8. The lowest BCUT2D eigenvalue weighted by atomic mass is 10.1. The van der Waals surface area contributed by atoms with Gasteiger partial charge in [0.05, 0.1) is 12.2 Å². The van der Waals surface area contributed by atoms with Crippen LogP contribution in [0, 0.1) is 5.92 Å². The van der Waals surface area contributed by atoms with Crippen LogP contribution >= 0.6 is 0 Å². The van der Waals surface area contributed by atoms with Crippen molar-refractivity contribution in [1.82, 2.24) is 10.2 Å². The number of nitrogens with one attached hydrogen (secondary N) is 1. The fourth-order valence-electron chi connectivity index (χ4n) is 4.02. The molecule has 2 aliphatic rings. The van der Waals surface area contributed by atoms with Crippen LogP contribution in [0.15, 0.2) is 24.3 Å². The Morgan fingerprint density at radius 1 is 1.16 bits per heavy atom. The molecule has 1 saturated carbocycles. The summed E-state index contributed by atoms with van der Waals surface area (Å²) in [5.74, 6) is 0.243. The zero-order valence-electron chi connectivity index (χ0n) is 15.4. The van der Waals surface area contributed by atoms with E-state index in [0.717, 1.165) is 44.5 Å². The quantitative estimate of drug-likeness (QED) is 0.857. The van der Waals surface area contributed by atoms with Crippen LogP contribution in [0.1, 0.15) is 44.2 Å². The molecule has 3 N–H and O–H groups in total. The average Bonchev–Trinajstić information content (AvgIpc) is 2.99. The Labute approximate surface area is 150 Å². The Balaban J connectivity index is 1.46. The third-order valence-electron chi connectivity index (χ3n) is 5.24. The van der Waals surface area contributed by atoms with Gasteiger partial charge in [-0.15, -0.1) is 0 Å². The maximum atomic E-state index is 12.2. The van der Waals surface area contributed by atoms with Crippen LogP contribution < -0.4 is 11.1 Å². The molecule has 0 bridgehead atoms. The highest BCUT2D eigenvalue weighted by Crippen LogP contribution is 2.24. The van der Waals surface area contributed by atoms with Gasteiger partial charge < -0.3 is 15.8 Å². The second-order valence-electron chi connectivity index (χ2n) is 7.76. The largest absolute Gasteiger partial charge is 0.373 e. The highest BCUT2D eigenvalue weighted by Gasteiger charge is 2.27. The molecule has 0 radical (unpaired) electrons. The summed E-state index contributed by atoms with van der Waals surface area (Å²) in [5, 5.41) is 3.05. The molecule has 1 aliphatic heterocycles. The number of nitrogens with two attached hydrogens (primary N) is 1. The lowest BCUT2D eigenvalue weighted by Crippen LogP contribution is -2.44. The van der Waals surface area contributed by atoms with Crippen LogP contribution in [0.5, 0.6) is 0 Å². The van der Waals surface area contributed by atoms with E-state index in [1.807, 2.05) is 0 Å². The summed E-state index contributed by atoms with van der Waals surface area (Å²) < 4.78 is 5.79. The van der Waals surface area contributed by atoms with Crippen molar-refractivity contribution in [2.45, 2.75) is 64.4 Å². The van der Waals surface area contributed by atoms with Crippen LogP contribution in [-0.4, -0.2) is 42.1 Å². The van der Waals surface area contributed by atoms with E-state index in [1.165, 1.54) is 5.56 Å². The molecule has 4 atom stereocenters. The number of rotatable bonds is 5. The van der Waals surface area contributed by atoms with Gasteiger partial charge in [0.15, 0.2) is 0 Å². The number of amides is 1. The van der Waals surface area contributed by atoms with Gasteiger partial charge in [-0.2, -0.15) is 0 Å². The van der Waals surface area contributed by atoms with Crippen molar-refractivity contribution < 1.29 is 9.53 Å². The minimum atomic E-state index is 0.0968. The number of carbonyl (C=O) groups is 1. The molecule has 138 valence electrons. The Hall–Kier alpha value is -1.43. The molecule has 1 amide bonds. The fourth-order valence-corrected chi connectivity index (χ4v) is 4.02. The van der Waals surface area contributed by atoms with Crippen LogP contribution in [0.25, 0.3) is 0 Å². The summed E-state index contributed by atoms with van der Waals surface area (Å²) >= 11 is 0. The molecule has 0 spiro atoms. The van der Waals surface area contributed by atoms with Crippen LogP contribution in [0.2, 0.25) is 0 Å². The molecule has 2 fully saturated rings. The molecule has 25 heavy (non-hydrogen) atoms. The van der Waals surface area contributed by atoms with Crippen LogP contribution in [0.4, 0.5) is 0 Å². The second-order valence-corrected chi connectivity index (χ2v) is 7.76. The van der Waals surface area contributed by atoms with Crippen molar-refractivity contribution in [2.24, 2.45) is 11.7 Å². The summed E-state index contributed by atoms with van der Waals surface area (Å²) in [6.45, 7) is 7.76. The van der Waals surface area contributed by atoms with Gasteiger partial charge in [0.2, 0.25) is 5.91 Å². The average molecular weight is 345 g/mol. The van der Waals surface area contributed by atoms with Gasteiger partial charge in [-0.3, -0.25) is 9.69 Å². The minimum Gasteiger partial charge on any atom is -0.373 e. The predicted molar refractivity (Wildman–Crippen MR) is 98.9 cm³/mol. The fraction of sp³-hybridized carbons (Fsp3) is 0.650. The minimum absolute atomic E-state index is 0.0968. The Bertz CT molecular complexity index is 565. The third kappa shape index (κ3) is 5.27. The van der Waals surface area contributed by atoms with E-state index in [-0.39, 0.29) is 17.9 Å². The van der Waals surface area contributed by atoms with E-state index in [2.05, 4.69) is 48.3 Å². The Morgan fingerprint density at radius 3 is 2.40 bits per heavy atom. The first-order chi connectivity index (χ1) is 12.0. The highest BCUT2D eigenvalue weighted by atomic mass is 16.5. The van der Waals surface area contributed by atoms with Crippen molar-refractivity contribution in [1.29, 1.82) is 0 Å². The van der Waals surface area contributed by atoms with Gasteiger partial charge in [-0.05, 0) is 44.2 Å². The van der Waals surface area contributed by atoms with Crippen LogP contribution in [0.3, 0.4) is 0 Å². The molecule has 1 saturated heterocycles. The van der Waals surface area contributed by atoms with Crippen molar-refractivity contribution in [3.63, 3.8) is 0 Å². The predicted octanol–water partition coefficient (Wildman–Crippen LogP) is 2.04. The first-order valence-electron chi connectivity index (χ1n) is 9.48. The monoisotopic (exact) mass is 345 g/mol. The SMILES string of the molecule is CC1CN(Cc2ccc(CNC(=O)C3CCC(N)C3)cc2)CC(C)O1. The Morgan fingerprint density at radius 2 is 1.80 bits per heavy atom. The van der Waals surface area contributed by atoms with Crippen molar-refractivity contribution in [3.05, 3.63) is 35.4 Å². The van der Waals surface area contributed by atoms with E-state index >= 15 is 0 Å². The van der Waals surface area contributed by atoms with E-state index in [0.29, 0.717) is 18.8 Å². The molecule has 4 unspecified atom stereocenters. The lowest BCUT2D eigenvalue weighted by Gasteiger charge is -2.35. The molecule has 1 aromatic carbocycles. The number of morpholine rings is 1. The van der Waals surface area contributed by atoms with Gasteiger partial charge >= 0.3 is 0 Å². The Kier molecular flexibility index (Phi) is 6.10. The summed E-state index contributed by atoms with van der Waals surface area (Å²) in [7, 11) is 0. The molecular formula is C20H31N3O2.